The molecule has 2 aliphatic rings. The zero-order valence-corrected chi connectivity index (χ0v) is 30.3. The molecule has 9 heteroatoms. The number of fused-ring (bicyclic) bond motifs is 3. The third kappa shape index (κ3) is 8.83. The van der Waals surface area contributed by atoms with Crippen molar-refractivity contribution in [1.82, 2.24) is 0 Å². The number of carbonyl (C=O) groups is 2. The van der Waals surface area contributed by atoms with Gasteiger partial charge in [-0.3, -0.25) is 0 Å². The predicted molar refractivity (Wildman–Crippen MR) is 203 cm³/mol. The Morgan fingerprint density at radius 1 is 0.623 bits per heavy atom. The molecule has 5 atom stereocenters. The zero-order valence-electron chi connectivity index (χ0n) is 29.5. The molecule has 0 amide bonds. The molecule has 8 nitrogen and oxygen atoms in total. The summed E-state index contributed by atoms with van der Waals surface area (Å²) >= 11 is 1.45. The summed E-state index contributed by atoms with van der Waals surface area (Å²) in [5.41, 5.74) is 6.00. The van der Waals surface area contributed by atoms with E-state index >= 15 is 0 Å². The molecule has 5 aromatic rings. The summed E-state index contributed by atoms with van der Waals surface area (Å²) in [6.07, 6.45) is -4.57. The van der Waals surface area contributed by atoms with Crippen molar-refractivity contribution in [2.24, 2.45) is 0 Å². The van der Waals surface area contributed by atoms with E-state index in [0.29, 0.717) is 17.9 Å². The average Bonchev–Trinajstić information content (AvgIpc) is 3.52. The monoisotopic (exact) mass is 730 g/mol. The Labute approximate surface area is 314 Å². The first-order chi connectivity index (χ1) is 26.1. The Morgan fingerprint density at radius 3 is 1.81 bits per heavy atom. The van der Waals surface area contributed by atoms with Crippen LogP contribution in [0.5, 0.6) is 0 Å². The highest BCUT2D eigenvalue weighted by Gasteiger charge is 2.51. The quantitative estimate of drug-likeness (QED) is 0.104. The van der Waals surface area contributed by atoms with Crippen LogP contribution in [0.15, 0.2) is 140 Å². The third-order valence-electron chi connectivity index (χ3n) is 9.42. The smallest absolute Gasteiger partial charge is 0.451 e. The molecule has 0 bridgehead atoms. The largest absolute Gasteiger partial charge is 0.508 e. The zero-order chi connectivity index (χ0) is 36.4. The van der Waals surface area contributed by atoms with E-state index in [4.69, 9.17) is 28.4 Å². The molecule has 0 unspecified atom stereocenters. The van der Waals surface area contributed by atoms with Crippen molar-refractivity contribution in [2.45, 2.75) is 55.9 Å². The van der Waals surface area contributed by atoms with Gasteiger partial charge in [-0.15, -0.1) is 11.8 Å². The maximum absolute atomic E-state index is 13.9. The van der Waals surface area contributed by atoms with E-state index in [1.165, 1.54) is 11.8 Å². The third-order valence-corrected chi connectivity index (χ3v) is 10.5. The van der Waals surface area contributed by atoms with Gasteiger partial charge in [0.05, 0.1) is 25.4 Å². The molecule has 1 saturated heterocycles. The summed E-state index contributed by atoms with van der Waals surface area (Å²) in [6, 6.07) is 44.6. The van der Waals surface area contributed by atoms with Gasteiger partial charge >= 0.3 is 12.1 Å². The van der Waals surface area contributed by atoms with Gasteiger partial charge in [-0.1, -0.05) is 134 Å². The van der Waals surface area contributed by atoms with E-state index in [9.17, 15) is 9.59 Å². The first-order valence-electron chi connectivity index (χ1n) is 17.9. The molecule has 1 fully saturated rings. The van der Waals surface area contributed by atoms with Gasteiger partial charge in [0.15, 0.2) is 12.2 Å². The summed E-state index contributed by atoms with van der Waals surface area (Å²) in [4.78, 5) is 27.5. The second-order valence-corrected chi connectivity index (χ2v) is 14.2. The number of carbonyl (C=O) groups excluding carboxylic acids is 2. The van der Waals surface area contributed by atoms with E-state index in [-0.39, 0.29) is 25.7 Å². The summed E-state index contributed by atoms with van der Waals surface area (Å²) in [6.45, 7) is 2.74. The minimum Gasteiger partial charge on any atom is -0.451 e. The van der Waals surface area contributed by atoms with Crippen LogP contribution in [-0.4, -0.2) is 60.9 Å². The number of benzene rings is 5. The standard InChI is InChI=1S/C44H42O8S/c1-2-53-43-41(51-42(45)32-20-10-5-11-21-32)40(52-44(46)49-28-37-35-24-14-12-22-33(35)34-23-13-15-25-36(34)37)39(48-27-31-18-8-4-9-19-31)38(50-43)29-47-26-30-16-6-3-7-17-30/h3-25,37-41,43H,2,26-29H2,1H3/t38-,39+,40+,41-,43+/m1/s1. The molecule has 0 saturated carbocycles. The molecule has 0 radical (unpaired) electrons. The minimum absolute atomic E-state index is 0.0663. The summed E-state index contributed by atoms with van der Waals surface area (Å²) < 4.78 is 37.8. The maximum Gasteiger partial charge on any atom is 0.508 e. The van der Waals surface area contributed by atoms with Crippen LogP contribution in [-0.2, 0) is 41.6 Å². The lowest BCUT2D eigenvalue weighted by molar-refractivity contribution is -0.231. The van der Waals surface area contributed by atoms with Gasteiger partial charge in [-0.25, -0.2) is 9.59 Å². The van der Waals surface area contributed by atoms with Crippen molar-refractivity contribution >= 4 is 23.9 Å². The predicted octanol–water partition coefficient (Wildman–Crippen LogP) is 8.83. The molecule has 272 valence electrons. The van der Waals surface area contributed by atoms with E-state index < -0.39 is 42.0 Å². The number of hydrogen-bond donors (Lipinski definition) is 0. The molecule has 0 aromatic heterocycles. The fourth-order valence-electron chi connectivity index (χ4n) is 6.91. The Morgan fingerprint density at radius 2 is 1.19 bits per heavy atom. The highest BCUT2D eigenvalue weighted by atomic mass is 32.2. The fraction of sp³-hybridized carbons (Fsp3) is 0.273. The van der Waals surface area contributed by atoms with Crippen LogP contribution in [0.4, 0.5) is 4.79 Å². The average molecular weight is 731 g/mol. The second kappa shape index (κ2) is 17.7. The molecule has 7 rings (SSSR count). The Bertz CT molecular complexity index is 1890. The van der Waals surface area contributed by atoms with Gasteiger partial charge in [0.1, 0.15) is 24.3 Å². The van der Waals surface area contributed by atoms with Crippen molar-refractivity contribution in [2.75, 3.05) is 19.0 Å². The molecular formula is C44H42O8S. The van der Waals surface area contributed by atoms with Gasteiger partial charge in [0.2, 0.25) is 0 Å². The highest BCUT2D eigenvalue weighted by molar-refractivity contribution is 7.99. The van der Waals surface area contributed by atoms with Crippen LogP contribution in [0, 0.1) is 0 Å². The SMILES string of the molecule is CCS[C@@H]1O[C@H](COCc2ccccc2)[C@H](OCc2ccccc2)[C@H](OC(=O)OCC2c3ccccc3-c3ccccc32)[C@H]1OC(=O)c1ccccc1. The number of thioether (sulfide) groups is 1. The number of esters is 1. The topological polar surface area (TPSA) is 89.5 Å². The lowest BCUT2D eigenvalue weighted by atomic mass is 9.98. The molecule has 1 aliphatic carbocycles. The molecule has 1 heterocycles. The van der Waals surface area contributed by atoms with Crippen LogP contribution in [0.25, 0.3) is 11.1 Å². The van der Waals surface area contributed by atoms with Gasteiger partial charge in [-0.2, -0.15) is 0 Å². The van der Waals surface area contributed by atoms with Gasteiger partial charge < -0.3 is 28.4 Å². The number of ether oxygens (including phenoxy) is 6. The molecule has 0 spiro atoms. The minimum atomic E-state index is -1.09. The molecule has 53 heavy (non-hydrogen) atoms. The normalized spacial score (nSPS) is 20.6. The van der Waals surface area contributed by atoms with Gasteiger partial charge in [0.25, 0.3) is 0 Å². The van der Waals surface area contributed by atoms with E-state index in [2.05, 4.69) is 24.3 Å². The first kappa shape index (κ1) is 36.4. The van der Waals surface area contributed by atoms with E-state index in [0.717, 1.165) is 33.4 Å². The molecule has 5 aromatic carbocycles. The number of hydrogen-bond acceptors (Lipinski definition) is 9. The molecule has 0 N–H and O–H groups in total. The Hall–Kier alpha value is -4.93. The summed E-state index contributed by atoms with van der Waals surface area (Å²) in [7, 11) is 0. The highest BCUT2D eigenvalue weighted by Crippen LogP contribution is 2.44. The van der Waals surface area contributed by atoms with E-state index in [1.54, 1.807) is 24.3 Å². The summed E-state index contributed by atoms with van der Waals surface area (Å²) in [5.74, 6) is -0.0823. The first-order valence-corrected chi connectivity index (χ1v) is 19.0. The van der Waals surface area contributed by atoms with Crippen molar-refractivity contribution in [1.29, 1.82) is 0 Å². The van der Waals surface area contributed by atoms with Gasteiger partial charge in [-0.05, 0) is 51.3 Å². The van der Waals surface area contributed by atoms with E-state index in [1.807, 2.05) is 97.9 Å². The lowest BCUT2D eigenvalue weighted by Crippen LogP contribution is -2.61. The van der Waals surface area contributed by atoms with Crippen molar-refractivity contribution in [3.05, 3.63) is 167 Å². The van der Waals surface area contributed by atoms with Crippen LogP contribution in [0.1, 0.15) is 45.5 Å². The molecular weight excluding hydrogens is 689 g/mol. The van der Waals surface area contributed by atoms with Crippen LogP contribution < -0.4 is 0 Å². The maximum atomic E-state index is 13.9. The molecule has 1 aliphatic heterocycles. The van der Waals surface area contributed by atoms with Crippen LogP contribution in [0.3, 0.4) is 0 Å². The fourth-order valence-corrected chi connectivity index (χ4v) is 7.86. The Balaban J connectivity index is 1.17. The van der Waals surface area contributed by atoms with Crippen molar-refractivity contribution in [3.63, 3.8) is 0 Å². The van der Waals surface area contributed by atoms with Gasteiger partial charge in [0, 0.05) is 5.92 Å². The van der Waals surface area contributed by atoms with Crippen molar-refractivity contribution in [3.8, 4) is 11.1 Å². The number of rotatable bonds is 14. The van der Waals surface area contributed by atoms with Crippen LogP contribution in [0.2, 0.25) is 0 Å². The second-order valence-electron chi connectivity index (χ2n) is 12.9. The lowest BCUT2D eigenvalue weighted by Gasteiger charge is -2.44. The summed E-state index contributed by atoms with van der Waals surface area (Å²) in [5, 5.41) is 0. The van der Waals surface area contributed by atoms with Crippen LogP contribution >= 0.6 is 11.8 Å². The Kier molecular flexibility index (Phi) is 12.2. The van der Waals surface area contributed by atoms with Crippen molar-refractivity contribution < 1.29 is 38.0 Å².